The lowest BCUT2D eigenvalue weighted by Crippen LogP contribution is -2.48. The number of nitrogens with one attached hydrogen (secondary N) is 1. The maximum absolute atomic E-state index is 13.2. The number of hydrogen-bond donors (Lipinski definition) is 2. The first-order valence-electron chi connectivity index (χ1n) is 18.5. The molecule has 0 aliphatic carbocycles. The van der Waals surface area contributed by atoms with E-state index in [1.54, 1.807) is 69.3 Å². The fraction of sp³-hybridized carbons (Fsp3) is 0.325. The molecule has 5 amide bonds. The van der Waals surface area contributed by atoms with E-state index >= 15 is 0 Å². The van der Waals surface area contributed by atoms with Gasteiger partial charge in [-0.1, -0.05) is 35.3 Å². The highest BCUT2D eigenvalue weighted by molar-refractivity contribution is 6.31. The predicted molar refractivity (Wildman–Crippen MR) is 216 cm³/mol. The summed E-state index contributed by atoms with van der Waals surface area (Å²) >= 11 is 12.2. The second-order valence-corrected chi connectivity index (χ2v) is 14.1. The van der Waals surface area contributed by atoms with Crippen molar-refractivity contribution in [2.75, 3.05) is 75.5 Å². The van der Waals surface area contributed by atoms with E-state index in [4.69, 9.17) is 38.4 Å². The number of Topliss-reactive ketones (excluding diaryl/α,β-unsaturated/α-hetero) is 2. The SMILES string of the molecule is NCC(=O)c1ccc(CN(C(=O)N2CCOCC2)c2cccc(Cl)c2)nc1.O=C(CNC(=O)C(F)(F)F)c1ccc(CN(C(=O)N2CCOCC2)c2cccc(Cl)c2)nc1. The van der Waals surface area contributed by atoms with Gasteiger partial charge in [0.05, 0.1) is 64.0 Å². The van der Waals surface area contributed by atoms with Crippen molar-refractivity contribution in [3.05, 3.63) is 118 Å². The normalized spacial score (nSPS) is 14.0. The number of alkyl halides is 3. The standard InChI is InChI=1S/C21H20ClF3N4O4.C19H21ClN4O3/c22-15-2-1-3-17(10-15)29(20(32)28-6-8-33-9-7-28)13-16-5-4-14(11-26-16)18(30)12-27-19(31)21(23,24)25;20-15-2-1-3-17(10-15)24(19(26)23-6-8-27-9-7-23)13-16-5-4-14(12-22-16)18(25)11-21/h1-5,10-11H,6-9,12-13H2,(H,27,31);1-5,10,12H,6-9,11,13,21H2. The lowest BCUT2D eigenvalue weighted by molar-refractivity contribution is -0.173. The monoisotopic (exact) mass is 872 g/mol. The number of benzene rings is 2. The summed E-state index contributed by atoms with van der Waals surface area (Å²) in [7, 11) is 0. The van der Waals surface area contributed by atoms with Gasteiger partial charge in [-0.25, -0.2) is 9.59 Å². The molecular weight excluding hydrogens is 832 g/mol. The van der Waals surface area contributed by atoms with E-state index in [0.717, 1.165) is 0 Å². The van der Waals surface area contributed by atoms with Crippen LogP contribution in [0.15, 0.2) is 85.2 Å². The Hall–Kier alpha value is -5.66. The number of ketones is 2. The Balaban J connectivity index is 0.000000232. The molecule has 318 valence electrons. The van der Waals surface area contributed by atoms with Crippen LogP contribution in [0.5, 0.6) is 0 Å². The second-order valence-electron chi connectivity index (χ2n) is 13.2. The summed E-state index contributed by atoms with van der Waals surface area (Å²) in [6.07, 6.45) is -2.40. The largest absolute Gasteiger partial charge is 0.471 e. The van der Waals surface area contributed by atoms with Gasteiger partial charge in [-0.15, -0.1) is 0 Å². The summed E-state index contributed by atoms with van der Waals surface area (Å²) < 4.78 is 47.4. The van der Waals surface area contributed by atoms with E-state index in [9.17, 15) is 37.1 Å². The molecule has 0 atom stereocenters. The third-order valence-electron chi connectivity index (χ3n) is 9.05. The third kappa shape index (κ3) is 12.9. The van der Waals surface area contributed by atoms with Gasteiger partial charge in [0.25, 0.3) is 0 Å². The Kier molecular flexibility index (Phi) is 16.3. The van der Waals surface area contributed by atoms with Gasteiger partial charge in [0.1, 0.15) is 0 Å². The zero-order valence-corrected chi connectivity index (χ0v) is 33.6. The highest BCUT2D eigenvalue weighted by atomic mass is 35.5. The number of urea groups is 2. The van der Waals surface area contributed by atoms with Gasteiger partial charge in [-0.05, 0) is 60.7 Å². The van der Waals surface area contributed by atoms with Crippen molar-refractivity contribution in [1.29, 1.82) is 0 Å². The van der Waals surface area contributed by atoms with Crippen LogP contribution < -0.4 is 20.9 Å². The van der Waals surface area contributed by atoms with Crippen LogP contribution in [0.25, 0.3) is 0 Å². The molecule has 0 bridgehead atoms. The number of aromatic nitrogens is 2. The van der Waals surface area contributed by atoms with E-state index in [1.807, 2.05) is 6.07 Å². The van der Waals surface area contributed by atoms with Gasteiger partial charge in [-0.2, -0.15) is 13.2 Å². The van der Waals surface area contributed by atoms with Crippen molar-refractivity contribution < 1.29 is 46.6 Å². The first kappa shape index (κ1) is 45.4. The van der Waals surface area contributed by atoms with Crippen LogP contribution in [0.2, 0.25) is 10.0 Å². The van der Waals surface area contributed by atoms with Crippen LogP contribution in [0.1, 0.15) is 32.1 Å². The molecule has 60 heavy (non-hydrogen) atoms. The molecule has 0 spiro atoms. The quantitative estimate of drug-likeness (QED) is 0.186. The zero-order valence-electron chi connectivity index (χ0n) is 32.1. The molecule has 6 rings (SSSR count). The summed E-state index contributed by atoms with van der Waals surface area (Å²) in [6, 6.07) is 19.8. The number of morpholine rings is 2. The van der Waals surface area contributed by atoms with E-state index in [-0.39, 0.29) is 43.0 Å². The van der Waals surface area contributed by atoms with Crippen LogP contribution in [0.3, 0.4) is 0 Å². The van der Waals surface area contributed by atoms with Crippen molar-refractivity contribution in [3.8, 4) is 0 Å². The Bertz CT molecular complexity index is 2120. The smallest absolute Gasteiger partial charge is 0.378 e. The number of anilines is 2. The fourth-order valence-corrected chi connectivity index (χ4v) is 6.22. The minimum Gasteiger partial charge on any atom is -0.378 e. The highest BCUT2D eigenvalue weighted by Gasteiger charge is 2.38. The van der Waals surface area contributed by atoms with Crippen molar-refractivity contribution >= 4 is 64.1 Å². The Morgan fingerprint density at radius 3 is 1.48 bits per heavy atom. The van der Waals surface area contributed by atoms with Gasteiger partial charge in [0.2, 0.25) is 0 Å². The lowest BCUT2D eigenvalue weighted by Gasteiger charge is -2.33. The van der Waals surface area contributed by atoms with Crippen molar-refractivity contribution in [2.24, 2.45) is 5.73 Å². The molecule has 3 N–H and O–H groups in total. The number of nitrogens with two attached hydrogens (primary N) is 1. The van der Waals surface area contributed by atoms with Gasteiger partial charge in [0, 0.05) is 71.1 Å². The molecule has 2 aliphatic rings. The van der Waals surface area contributed by atoms with Gasteiger partial charge in [0.15, 0.2) is 11.6 Å². The van der Waals surface area contributed by atoms with Gasteiger partial charge in [-0.3, -0.25) is 34.2 Å². The molecular formula is C40H41Cl2F3N8O7. The number of hydrogen-bond acceptors (Lipinski definition) is 10. The van der Waals surface area contributed by atoms with Crippen LogP contribution >= 0.6 is 23.2 Å². The molecule has 0 unspecified atom stereocenters. The predicted octanol–water partition coefficient (Wildman–Crippen LogP) is 5.39. The number of pyridine rings is 2. The number of amides is 5. The van der Waals surface area contributed by atoms with E-state index in [0.29, 0.717) is 91.0 Å². The second kappa shape index (κ2) is 21.6. The maximum Gasteiger partial charge on any atom is 0.471 e. The summed E-state index contributed by atoms with van der Waals surface area (Å²) in [6.45, 7) is 3.26. The zero-order chi connectivity index (χ0) is 43.2. The Morgan fingerprint density at radius 1 is 0.683 bits per heavy atom. The topological polar surface area (TPSA) is 181 Å². The summed E-state index contributed by atoms with van der Waals surface area (Å²) in [5, 5.41) is 2.52. The number of carbonyl (C=O) groups excluding carboxylic acids is 5. The molecule has 15 nitrogen and oxygen atoms in total. The average Bonchev–Trinajstić information content (AvgIpc) is 3.26. The van der Waals surface area contributed by atoms with Crippen LogP contribution in [-0.4, -0.2) is 121 Å². The van der Waals surface area contributed by atoms with E-state index in [1.165, 1.54) is 34.7 Å². The van der Waals surface area contributed by atoms with Gasteiger partial charge >= 0.3 is 24.1 Å². The van der Waals surface area contributed by atoms with Crippen molar-refractivity contribution in [1.82, 2.24) is 25.1 Å². The molecule has 2 aliphatic heterocycles. The Morgan fingerprint density at radius 2 is 1.12 bits per heavy atom. The van der Waals surface area contributed by atoms with Gasteiger partial charge < -0.3 is 30.3 Å². The molecule has 0 radical (unpaired) electrons. The highest BCUT2D eigenvalue weighted by Crippen LogP contribution is 2.25. The summed E-state index contributed by atoms with van der Waals surface area (Å²) in [5.74, 6) is -3.10. The number of nitrogens with zero attached hydrogens (tertiary/aromatic N) is 6. The molecule has 2 aromatic carbocycles. The fourth-order valence-electron chi connectivity index (χ4n) is 5.85. The molecule has 4 heterocycles. The van der Waals surface area contributed by atoms with Crippen LogP contribution in [0.4, 0.5) is 34.1 Å². The van der Waals surface area contributed by atoms with Crippen molar-refractivity contribution in [3.63, 3.8) is 0 Å². The number of rotatable bonds is 11. The number of ether oxygens (including phenoxy) is 2. The molecule has 2 aromatic heterocycles. The molecule has 2 saturated heterocycles. The Labute approximate surface area is 353 Å². The minimum atomic E-state index is -5.07. The molecule has 0 saturated carbocycles. The third-order valence-corrected chi connectivity index (χ3v) is 9.52. The van der Waals surface area contributed by atoms with E-state index in [2.05, 4.69) is 9.97 Å². The first-order valence-corrected chi connectivity index (χ1v) is 19.3. The van der Waals surface area contributed by atoms with E-state index < -0.39 is 24.4 Å². The van der Waals surface area contributed by atoms with Crippen LogP contribution in [0, 0.1) is 0 Å². The number of halogens is 5. The number of carbonyl (C=O) groups is 5. The summed E-state index contributed by atoms with van der Waals surface area (Å²) in [4.78, 5) is 75.8. The minimum absolute atomic E-state index is 0.0232. The lowest BCUT2D eigenvalue weighted by atomic mass is 10.1. The first-order chi connectivity index (χ1) is 28.7. The van der Waals surface area contributed by atoms with Crippen molar-refractivity contribution in [2.45, 2.75) is 19.3 Å². The molecule has 2 fully saturated rings. The van der Waals surface area contributed by atoms with Crippen LogP contribution in [-0.2, 0) is 27.4 Å². The average molecular weight is 874 g/mol. The summed E-state index contributed by atoms with van der Waals surface area (Å²) in [5.41, 5.74) is 8.18. The molecule has 4 aromatic rings. The molecule has 20 heteroatoms. The maximum atomic E-state index is 13.2.